The standard InChI is InChI=1S/C20H19F3N4O2S/c21-20(22,23)14-4-1-2-5-15(14)24-19(28)13-7-9-27(10-8-13)12-17-25-18(26-29-17)16-6-3-11-30-16/h1-6,11,13H,7-10,12H2,(H,24,28). The Morgan fingerprint density at radius 3 is 2.67 bits per heavy atom. The van der Waals surface area contributed by atoms with Crippen molar-refractivity contribution < 1.29 is 22.5 Å². The molecule has 1 fully saturated rings. The third-order valence-corrected chi connectivity index (χ3v) is 5.88. The summed E-state index contributed by atoms with van der Waals surface area (Å²) in [6.07, 6.45) is -3.42. The second kappa shape index (κ2) is 8.57. The Hall–Kier alpha value is -2.72. The number of nitrogens with one attached hydrogen (secondary N) is 1. The van der Waals surface area contributed by atoms with Crippen molar-refractivity contribution in [2.75, 3.05) is 18.4 Å². The van der Waals surface area contributed by atoms with E-state index < -0.39 is 11.7 Å². The van der Waals surface area contributed by atoms with Gasteiger partial charge in [0, 0.05) is 5.92 Å². The Labute approximate surface area is 174 Å². The fraction of sp³-hybridized carbons (Fsp3) is 0.350. The van der Waals surface area contributed by atoms with E-state index in [-0.39, 0.29) is 17.5 Å². The lowest BCUT2D eigenvalue weighted by molar-refractivity contribution is -0.137. The normalized spacial score (nSPS) is 16.0. The van der Waals surface area contributed by atoms with Crippen molar-refractivity contribution in [2.24, 2.45) is 5.92 Å². The molecule has 4 rings (SSSR count). The number of halogens is 3. The number of benzene rings is 1. The molecule has 10 heteroatoms. The molecular weight excluding hydrogens is 417 g/mol. The summed E-state index contributed by atoms with van der Waals surface area (Å²) < 4.78 is 44.6. The van der Waals surface area contributed by atoms with Crippen LogP contribution >= 0.6 is 11.3 Å². The molecular formula is C20H19F3N4O2S. The van der Waals surface area contributed by atoms with Gasteiger partial charge >= 0.3 is 6.18 Å². The zero-order valence-corrected chi connectivity index (χ0v) is 16.7. The summed E-state index contributed by atoms with van der Waals surface area (Å²) in [4.78, 5) is 19.9. The quantitative estimate of drug-likeness (QED) is 0.630. The number of piperidine rings is 1. The smallest absolute Gasteiger partial charge is 0.338 e. The Kier molecular flexibility index (Phi) is 5.87. The number of carbonyl (C=O) groups is 1. The summed E-state index contributed by atoms with van der Waals surface area (Å²) in [5.41, 5.74) is -1.04. The molecule has 158 valence electrons. The molecule has 3 aromatic rings. The molecule has 0 aliphatic carbocycles. The predicted octanol–water partition coefficient (Wildman–Crippen LogP) is 4.67. The van der Waals surface area contributed by atoms with Crippen molar-refractivity contribution in [3.05, 3.63) is 53.2 Å². The van der Waals surface area contributed by atoms with Crippen LogP contribution in [0, 0.1) is 5.92 Å². The maximum atomic E-state index is 13.1. The average Bonchev–Trinajstić information content (AvgIpc) is 3.40. The van der Waals surface area contributed by atoms with Crippen LogP contribution < -0.4 is 5.32 Å². The molecule has 1 amide bonds. The third kappa shape index (κ3) is 4.71. The number of nitrogens with zero attached hydrogens (tertiary/aromatic N) is 3. The molecule has 6 nitrogen and oxygen atoms in total. The molecule has 0 unspecified atom stereocenters. The lowest BCUT2D eigenvalue weighted by Crippen LogP contribution is -2.38. The number of alkyl halides is 3. The van der Waals surface area contributed by atoms with Gasteiger partial charge in [0.2, 0.25) is 17.6 Å². The SMILES string of the molecule is O=C(Nc1ccccc1C(F)(F)F)C1CCN(Cc2nc(-c3cccs3)no2)CC1. The maximum absolute atomic E-state index is 13.1. The van der Waals surface area contributed by atoms with Crippen molar-refractivity contribution in [2.45, 2.75) is 25.6 Å². The van der Waals surface area contributed by atoms with E-state index >= 15 is 0 Å². The van der Waals surface area contributed by atoms with E-state index in [1.165, 1.54) is 29.5 Å². The first-order valence-corrected chi connectivity index (χ1v) is 10.3. The number of rotatable bonds is 5. The Morgan fingerprint density at radius 2 is 1.97 bits per heavy atom. The first-order chi connectivity index (χ1) is 14.4. The summed E-state index contributed by atoms with van der Waals surface area (Å²) in [5.74, 6) is 0.328. The molecule has 1 saturated heterocycles. The minimum absolute atomic E-state index is 0.204. The zero-order valence-electron chi connectivity index (χ0n) is 15.9. The van der Waals surface area contributed by atoms with Gasteiger partial charge in [-0.3, -0.25) is 9.69 Å². The first-order valence-electron chi connectivity index (χ1n) is 9.46. The fourth-order valence-corrected chi connectivity index (χ4v) is 4.09. The number of anilines is 1. The van der Waals surface area contributed by atoms with Gasteiger partial charge in [0.25, 0.3) is 0 Å². The summed E-state index contributed by atoms with van der Waals surface area (Å²) in [7, 11) is 0. The Balaban J connectivity index is 1.31. The van der Waals surface area contributed by atoms with Gasteiger partial charge in [0.05, 0.1) is 22.7 Å². The number of para-hydroxylation sites is 1. The van der Waals surface area contributed by atoms with Crippen LogP contribution in [-0.2, 0) is 17.5 Å². The fourth-order valence-electron chi connectivity index (χ4n) is 3.44. The molecule has 3 heterocycles. The first kappa shape index (κ1) is 20.5. The van der Waals surface area contributed by atoms with Crippen LogP contribution in [0.15, 0.2) is 46.3 Å². The van der Waals surface area contributed by atoms with Gasteiger partial charge in [-0.15, -0.1) is 11.3 Å². The number of aromatic nitrogens is 2. The number of amides is 1. The van der Waals surface area contributed by atoms with Crippen molar-refractivity contribution in [3.8, 4) is 10.7 Å². The molecule has 2 aromatic heterocycles. The lowest BCUT2D eigenvalue weighted by Gasteiger charge is -2.30. The number of carbonyl (C=O) groups excluding carboxylic acids is 1. The zero-order chi connectivity index (χ0) is 21.1. The van der Waals surface area contributed by atoms with Gasteiger partial charge in [-0.05, 0) is 49.5 Å². The molecule has 0 saturated carbocycles. The van der Waals surface area contributed by atoms with Gasteiger partial charge in [-0.1, -0.05) is 23.4 Å². The van der Waals surface area contributed by atoms with E-state index in [1.807, 2.05) is 17.5 Å². The lowest BCUT2D eigenvalue weighted by atomic mass is 9.95. The molecule has 0 radical (unpaired) electrons. The van der Waals surface area contributed by atoms with Crippen LogP contribution in [-0.4, -0.2) is 34.0 Å². The third-order valence-electron chi connectivity index (χ3n) is 5.02. The largest absolute Gasteiger partial charge is 0.418 e. The molecule has 1 aliphatic heterocycles. The van der Waals surface area contributed by atoms with Gasteiger partial charge in [0.1, 0.15) is 0 Å². The summed E-state index contributed by atoms with van der Waals surface area (Å²) in [6, 6.07) is 8.85. The Bertz CT molecular complexity index is 996. The van der Waals surface area contributed by atoms with E-state index in [0.717, 1.165) is 10.9 Å². The topological polar surface area (TPSA) is 71.3 Å². The van der Waals surface area contributed by atoms with E-state index in [0.29, 0.717) is 44.2 Å². The maximum Gasteiger partial charge on any atom is 0.418 e. The van der Waals surface area contributed by atoms with Crippen LogP contribution in [0.1, 0.15) is 24.3 Å². The highest BCUT2D eigenvalue weighted by Gasteiger charge is 2.34. The van der Waals surface area contributed by atoms with Gasteiger partial charge in [-0.25, -0.2) is 0 Å². The monoisotopic (exact) mass is 436 g/mol. The highest BCUT2D eigenvalue weighted by atomic mass is 32.1. The van der Waals surface area contributed by atoms with Crippen LogP contribution in [0.5, 0.6) is 0 Å². The number of hydrogen-bond donors (Lipinski definition) is 1. The van der Waals surface area contributed by atoms with Crippen molar-refractivity contribution in [1.29, 1.82) is 0 Å². The highest BCUT2D eigenvalue weighted by molar-refractivity contribution is 7.13. The van der Waals surface area contributed by atoms with Crippen LogP contribution in [0.4, 0.5) is 18.9 Å². The molecule has 1 N–H and O–H groups in total. The number of thiophene rings is 1. The molecule has 0 bridgehead atoms. The molecule has 30 heavy (non-hydrogen) atoms. The number of hydrogen-bond acceptors (Lipinski definition) is 6. The Morgan fingerprint density at radius 1 is 1.20 bits per heavy atom. The predicted molar refractivity (Wildman–Crippen MR) is 106 cm³/mol. The van der Waals surface area contributed by atoms with Crippen LogP contribution in [0.2, 0.25) is 0 Å². The second-order valence-electron chi connectivity index (χ2n) is 7.07. The molecule has 0 spiro atoms. The highest BCUT2D eigenvalue weighted by Crippen LogP contribution is 2.35. The van der Waals surface area contributed by atoms with E-state index in [1.54, 1.807) is 0 Å². The van der Waals surface area contributed by atoms with E-state index in [4.69, 9.17) is 4.52 Å². The average molecular weight is 436 g/mol. The molecule has 1 aromatic carbocycles. The number of likely N-dealkylation sites (tertiary alicyclic amines) is 1. The minimum atomic E-state index is -4.51. The second-order valence-corrected chi connectivity index (χ2v) is 8.02. The van der Waals surface area contributed by atoms with Crippen molar-refractivity contribution in [3.63, 3.8) is 0 Å². The van der Waals surface area contributed by atoms with Gasteiger partial charge in [-0.2, -0.15) is 18.2 Å². The minimum Gasteiger partial charge on any atom is -0.338 e. The van der Waals surface area contributed by atoms with Crippen LogP contribution in [0.3, 0.4) is 0 Å². The molecule has 1 aliphatic rings. The van der Waals surface area contributed by atoms with Gasteiger partial charge < -0.3 is 9.84 Å². The van der Waals surface area contributed by atoms with Crippen LogP contribution in [0.25, 0.3) is 10.7 Å². The van der Waals surface area contributed by atoms with E-state index in [2.05, 4.69) is 20.4 Å². The summed E-state index contributed by atoms with van der Waals surface area (Å²) >= 11 is 1.53. The van der Waals surface area contributed by atoms with Crippen molar-refractivity contribution in [1.82, 2.24) is 15.0 Å². The van der Waals surface area contributed by atoms with Crippen molar-refractivity contribution >= 4 is 22.9 Å². The molecule has 0 atom stereocenters. The van der Waals surface area contributed by atoms with E-state index in [9.17, 15) is 18.0 Å². The summed E-state index contributed by atoms with van der Waals surface area (Å²) in [5, 5.41) is 8.38. The van der Waals surface area contributed by atoms with Gasteiger partial charge in [0.15, 0.2) is 0 Å². The summed E-state index contributed by atoms with van der Waals surface area (Å²) in [6.45, 7) is 1.72.